The van der Waals surface area contributed by atoms with E-state index in [0.717, 1.165) is 11.1 Å². The SMILES string of the molecule is COc1ccc(CN(C)C(=O)NC(C)c2ccccc2Cl)cc1O. The summed E-state index contributed by atoms with van der Waals surface area (Å²) in [6.45, 7) is 2.24. The number of methoxy groups -OCH3 is 1. The third-order valence-electron chi connectivity index (χ3n) is 3.72. The lowest BCUT2D eigenvalue weighted by Crippen LogP contribution is -2.38. The first-order valence-electron chi connectivity index (χ1n) is 7.54. The zero-order valence-electron chi connectivity index (χ0n) is 13.9. The van der Waals surface area contributed by atoms with Gasteiger partial charge in [-0.15, -0.1) is 0 Å². The molecule has 0 spiro atoms. The van der Waals surface area contributed by atoms with Gasteiger partial charge in [-0.25, -0.2) is 4.79 Å². The van der Waals surface area contributed by atoms with Crippen LogP contribution < -0.4 is 10.1 Å². The molecule has 0 bridgehead atoms. The van der Waals surface area contributed by atoms with Gasteiger partial charge >= 0.3 is 6.03 Å². The molecule has 2 rings (SSSR count). The number of nitrogens with zero attached hydrogens (tertiary/aromatic N) is 1. The molecule has 1 atom stereocenters. The molecule has 0 saturated heterocycles. The second-order valence-electron chi connectivity index (χ2n) is 5.55. The maximum atomic E-state index is 12.3. The number of aromatic hydroxyl groups is 1. The fraction of sp³-hybridized carbons (Fsp3) is 0.278. The van der Waals surface area contributed by atoms with Gasteiger partial charge in [0.05, 0.1) is 13.2 Å². The van der Waals surface area contributed by atoms with Crippen molar-refractivity contribution in [2.45, 2.75) is 19.5 Å². The minimum absolute atomic E-state index is 0.0493. The fourth-order valence-corrected chi connectivity index (χ4v) is 2.68. The highest BCUT2D eigenvalue weighted by molar-refractivity contribution is 6.31. The smallest absolute Gasteiger partial charge is 0.317 e. The molecular weight excluding hydrogens is 328 g/mol. The Morgan fingerprint density at radius 1 is 1.33 bits per heavy atom. The largest absolute Gasteiger partial charge is 0.504 e. The first-order valence-corrected chi connectivity index (χ1v) is 7.92. The molecule has 2 aromatic carbocycles. The molecule has 2 amide bonds. The number of hydrogen-bond acceptors (Lipinski definition) is 3. The Balaban J connectivity index is 1.99. The lowest BCUT2D eigenvalue weighted by Gasteiger charge is -2.22. The molecule has 0 radical (unpaired) electrons. The standard InChI is InChI=1S/C18H21ClN2O3/c1-12(14-6-4-5-7-15(14)19)20-18(23)21(2)11-13-8-9-17(24-3)16(22)10-13/h4-10,12,22H,11H2,1-3H3,(H,20,23). The van der Waals surface area contributed by atoms with Crippen molar-refractivity contribution in [3.63, 3.8) is 0 Å². The summed E-state index contributed by atoms with van der Waals surface area (Å²) in [5.74, 6) is 0.450. The van der Waals surface area contributed by atoms with E-state index in [2.05, 4.69) is 5.32 Å². The van der Waals surface area contributed by atoms with Crippen molar-refractivity contribution in [1.29, 1.82) is 0 Å². The Bertz CT molecular complexity index is 721. The number of phenolic OH excluding ortho intramolecular Hbond substituents is 1. The highest BCUT2D eigenvalue weighted by Gasteiger charge is 2.16. The van der Waals surface area contributed by atoms with Gasteiger partial charge in [0.15, 0.2) is 11.5 Å². The van der Waals surface area contributed by atoms with E-state index < -0.39 is 0 Å². The van der Waals surface area contributed by atoms with E-state index in [0.29, 0.717) is 17.3 Å². The fourth-order valence-electron chi connectivity index (χ4n) is 2.38. The molecule has 1 unspecified atom stereocenters. The maximum Gasteiger partial charge on any atom is 0.317 e. The monoisotopic (exact) mass is 348 g/mol. The number of ether oxygens (including phenoxy) is 1. The van der Waals surface area contributed by atoms with Crippen LogP contribution in [0.15, 0.2) is 42.5 Å². The highest BCUT2D eigenvalue weighted by Crippen LogP contribution is 2.27. The Hall–Kier alpha value is -2.40. The van der Waals surface area contributed by atoms with Crippen LogP contribution in [0.5, 0.6) is 11.5 Å². The quantitative estimate of drug-likeness (QED) is 0.859. The summed E-state index contributed by atoms with van der Waals surface area (Å²) in [6, 6.07) is 12.0. The van der Waals surface area contributed by atoms with Crippen molar-refractivity contribution in [2.24, 2.45) is 0 Å². The minimum Gasteiger partial charge on any atom is -0.504 e. The normalized spacial score (nSPS) is 11.7. The topological polar surface area (TPSA) is 61.8 Å². The van der Waals surface area contributed by atoms with Crippen LogP contribution in [0.3, 0.4) is 0 Å². The minimum atomic E-state index is -0.224. The third-order valence-corrected chi connectivity index (χ3v) is 4.07. The molecule has 0 aliphatic carbocycles. The van der Waals surface area contributed by atoms with Crippen molar-refractivity contribution >= 4 is 17.6 Å². The van der Waals surface area contributed by atoms with E-state index >= 15 is 0 Å². The summed E-state index contributed by atoms with van der Waals surface area (Å²) in [5.41, 5.74) is 1.67. The van der Waals surface area contributed by atoms with Crippen LogP contribution in [0.25, 0.3) is 0 Å². The van der Waals surface area contributed by atoms with Crippen LogP contribution in [0.2, 0.25) is 5.02 Å². The van der Waals surface area contributed by atoms with Gasteiger partial charge in [0.25, 0.3) is 0 Å². The highest BCUT2D eigenvalue weighted by atomic mass is 35.5. The maximum absolute atomic E-state index is 12.3. The number of benzene rings is 2. The molecule has 128 valence electrons. The van der Waals surface area contributed by atoms with Gasteiger partial charge in [-0.3, -0.25) is 0 Å². The third kappa shape index (κ3) is 4.32. The van der Waals surface area contributed by atoms with Crippen LogP contribution in [0.4, 0.5) is 4.79 Å². The van der Waals surface area contributed by atoms with E-state index in [1.54, 1.807) is 31.3 Å². The number of halogens is 1. The Morgan fingerprint density at radius 3 is 2.67 bits per heavy atom. The molecule has 0 heterocycles. The second kappa shape index (κ2) is 7.93. The zero-order valence-corrected chi connectivity index (χ0v) is 14.7. The number of amides is 2. The average molecular weight is 349 g/mol. The van der Waals surface area contributed by atoms with Gasteiger partial charge in [-0.1, -0.05) is 35.9 Å². The summed E-state index contributed by atoms with van der Waals surface area (Å²) in [6.07, 6.45) is 0. The summed E-state index contributed by atoms with van der Waals surface area (Å²) >= 11 is 6.15. The van der Waals surface area contributed by atoms with Crippen LogP contribution >= 0.6 is 11.6 Å². The van der Waals surface area contributed by atoms with E-state index in [1.165, 1.54) is 12.0 Å². The van der Waals surface area contributed by atoms with Crippen molar-refractivity contribution in [3.8, 4) is 11.5 Å². The first kappa shape index (κ1) is 17.9. The molecule has 0 fully saturated rings. The number of carbonyl (C=O) groups is 1. The van der Waals surface area contributed by atoms with Gasteiger partial charge in [-0.05, 0) is 36.2 Å². The molecule has 0 aliphatic heterocycles. The molecule has 24 heavy (non-hydrogen) atoms. The van der Waals surface area contributed by atoms with Crippen LogP contribution in [-0.2, 0) is 6.54 Å². The van der Waals surface area contributed by atoms with E-state index in [-0.39, 0.29) is 17.8 Å². The van der Waals surface area contributed by atoms with Crippen LogP contribution in [-0.4, -0.2) is 30.2 Å². The summed E-state index contributed by atoms with van der Waals surface area (Å²) < 4.78 is 5.01. The zero-order chi connectivity index (χ0) is 17.7. The van der Waals surface area contributed by atoms with Gasteiger partial charge in [0, 0.05) is 18.6 Å². The number of nitrogens with one attached hydrogen (secondary N) is 1. The first-order chi connectivity index (χ1) is 11.4. The summed E-state index contributed by atoms with van der Waals surface area (Å²) in [4.78, 5) is 13.9. The van der Waals surface area contributed by atoms with Gasteiger partial charge in [0.2, 0.25) is 0 Å². The number of phenols is 1. The van der Waals surface area contributed by atoms with Crippen molar-refractivity contribution < 1.29 is 14.6 Å². The second-order valence-corrected chi connectivity index (χ2v) is 5.96. The Morgan fingerprint density at radius 2 is 2.04 bits per heavy atom. The summed E-state index contributed by atoms with van der Waals surface area (Å²) in [5, 5.41) is 13.3. The molecule has 0 aliphatic rings. The van der Waals surface area contributed by atoms with Crippen molar-refractivity contribution in [1.82, 2.24) is 10.2 Å². The van der Waals surface area contributed by atoms with Crippen LogP contribution in [0, 0.1) is 0 Å². The molecule has 0 aromatic heterocycles. The molecule has 0 saturated carbocycles. The van der Waals surface area contributed by atoms with Crippen molar-refractivity contribution in [3.05, 3.63) is 58.6 Å². The molecule has 6 heteroatoms. The van der Waals surface area contributed by atoms with Crippen LogP contribution in [0.1, 0.15) is 24.1 Å². The van der Waals surface area contributed by atoms with E-state index in [9.17, 15) is 9.90 Å². The number of carbonyl (C=O) groups excluding carboxylic acids is 1. The van der Waals surface area contributed by atoms with Gasteiger partial charge in [0.1, 0.15) is 0 Å². The number of urea groups is 1. The molecule has 2 N–H and O–H groups in total. The lowest BCUT2D eigenvalue weighted by atomic mass is 10.1. The molecular formula is C18H21ClN2O3. The molecule has 5 nitrogen and oxygen atoms in total. The van der Waals surface area contributed by atoms with Gasteiger partial charge < -0.3 is 20.1 Å². The average Bonchev–Trinajstić information content (AvgIpc) is 2.55. The Kier molecular flexibility index (Phi) is 5.93. The number of rotatable bonds is 5. The molecule has 2 aromatic rings. The van der Waals surface area contributed by atoms with E-state index in [4.69, 9.17) is 16.3 Å². The lowest BCUT2D eigenvalue weighted by molar-refractivity contribution is 0.203. The van der Waals surface area contributed by atoms with Crippen molar-refractivity contribution in [2.75, 3.05) is 14.2 Å². The summed E-state index contributed by atoms with van der Waals surface area (Å²) in [7, 11) is 3.18. The predicted molar refractivity (Wildman–Crippen MR) is 94.5 cm³/mol. The van der Waals surface area contributed by atoms with Gasteiger partial charge in [-0.2, -0.15) is 0 Å². The van der Waals surface area contributed by atoms with E-state index in [1.807, 2.05) is 25.1 Å². The number of hydrogen-bond donors (Lipinski definition) is 2. The predicted octanol–water partition coefficient (Wildman–Crippen LogP) is 3.96. The Labute approximate surface area is 146 Å².